The number of hydrogen-bond donors (Lipinski definition) is 0. The first-order valence-corrected chi connectivity index (χ1v) is 5.06. The third-order valence-corrected chi connectivity index (χ3v) is 3.02. The van der Waals surface area contributed by atoms with Crippen LogP contribution >= 0.6 is 0 Å². The monoisotopic (exact) mass is 175 g/mol. The molecule has 0 N–H and O–H groups in total. The summed E-state index contributed by atoms with van der Waals surface area (Å²) in [6, 6.07) is 12.1. The second-order valence-electron chi connectivity index (χ2n) is 3.98. The fraction of sp³-hybridized carbons (Fsp3) is 0.500. The predicted molar refractivity (Wildman–Crippen MR) is 55.6 cm³/mol. The molecule has 1 fully saturated rings. The van der Waals surface area contributed by atoms with Gasteiger partial charge in [0.05, 0.1) is 0 Å². The van der Waals surface area contributed by atoms with Crippen molar-refractivity contribution in [3.8, 4) is 0 Å². The highest BCUT2D eigenvalue weighted by molar-refractivity contribution is 5.18. The molecular formula is C12H17N. The summed E-state index contributed by atoms with van der Waals surface area (Å²) in [6.07, 6.45) is 2.77. The topological polar surface area (TPSA) is 3.24 Å². The van der Waals surface area contributed by atoms with Crippen molar-refractivity contribution in [1.29, 1.82) is 0 Å². The van der Waals surface area contributed by atoms with Gasteiger partial charge in [0, 0.05) is 12.1 Å². The summed E-state index contributed by atoms with van der Waals surface area (Å²) in [5.41, 5.74) is 1.43. The van der Waals surface area contributed by atoms with Crippen molar-refractivity contribution in [2.24, 2.45) is 0 Å². The molecule has 70 valence electrons. The molecule has 0 spiro atoms. The molecule has 1 unspecified atom stereocenters. The van der Waals surface area contributed by atoms with Gasteiger partial charge in [-0.3, -0.25) is 4.90 Å². The van der Waals surface area contributed by atoms with Crippen molar-refractivity contribution < 1.29 is 0 Å². The van der Waals surface area contributed by atoms with Gasteiger partial charge in [0.25, 0.3) is 0 Å². The van der Waals surface area contributed by atoms with Gasteiger partial charge in [0.15, 0.2) is 0 Å². The van der Waals surface area contributed by atoms with Crippen molar-refractivity contribution in [1.82, 2.24) is 4.90 Å². The van der Waals surface area contributed by atoms with E-state index in [0.717, 1.165) is 6.04 Å². The SMILES string of the molecule is CC(c1ccccc1)N(C)C1CC1. The van der Waals surface area contributed by atoms with Gasteiger partial charge < -0.3 is 0 Å². The van der Waals surface area contributed by atoms with Crippen LogP contribution in [0.1, 0.15) is 31.4 Å². The lowest BCUT2D eigenvalue weighted by atomic mass is 10.1. The van der Waals surface area contributed by atoms with Crippen molar-refractivity contribution in [2.75, 3.05) is 7.05 Å². The number of rotatable bonds is 3. The highest BCUT2D eigenvalue weighted by atomic mass is 15.2. The Balaban J connectivity index is 2.07. The molecule has 0 saturated heterocycles. The maximum absolute atomic E-state index is 2.48. The molecule has 0 aliphatic heterocycles. The van der Waals surface area contributed by atoms with E-state index in [4.69, 9.17) is 0 Å². The minimum atomic E-state index is 0.564. The Morgan fingerprint density at radius 3 is 2.38 bits per heavy atom. The molecule has 0 heterocycles. The molecule has 13 heavy (non-hydrogen) atoms. The maximum atomic E-state index is 2.48. The molecule has 1 saturated carbocycles. The van der Waals surface area contributed by atoms with E-state index in [1.165, 1.54) is 18.4 Å². The summed E-state index contributed by atoms with van der Waals surface area (Å²) in [6.45, 7) is 2.29. The van der Waals surface area contributed by atoms with Gasteiger partial charge in [-0.1, -0.05) is 30.3 Å². The predicted octanol–water partition coefficient (Wildman–Crippen LogP) is 2.84. The van der Waals surface area contributed by atoms with Crippen LogP contribution in [-0.4, -0.2) is 18.0 Å². The van der Waals surface area contributed by atoms with Crippen LogP contribution in [0.15, 0.2) is 30.3 Å². The zero-order chi connectivity index (χ0) is 9.26. The van der Waals surface area contributed by atoms with E-state index in [1.807, 2.05) is 0 Å². The molecule has 1 aliphatic carbocycles. The quantitative estimate of drug-likeness (QED) is 0.682. The first kappa shape index (κ1) is 8.76. The van der Waals surface area contributed by atoms with Crippen LogP contribution in [-0.2, 0) is 0 Å². The Hall–Kier alpha value is -0.820. The summed E-state index contributed by atoms with van der Waals surface area (Å²) < 4.78 is 0. The molecule has 0 radical (unpaired) electrons. The lowest BCUT2D eigenvalue weighted by Crippen LogP contribution is -2.24. The lowest BCUT2D eigenvalue weighted by Gasteiger charge is -2.24. The normalized spacial score (nSPS) is 19.0. The molecule has 0 amide bonds. The molecule has 2 rings (SSSR count). The summed E-state index contributed by atoms with van der Waals surface area (Å²) >= 11 is 0. The summed E-state index contributed by atoms with van der Waals surface area (Å²) in [5, 5.41) is 0. The number of hydrogen-bond acceptors (Lipinski definition) is 1. The molecule has 0 bridgehead atoms. The number of nitrogens with zero attached hydrogens (tertiary/aromatic N) is 1. The first-order valence-electron chi connectivity index (χ1n) is 5.06. The fourth-order valence-corrected chi connectivity index (χ4v) is 1.76. The Morgan fingerprint density at radius 1 is 1.23 bits per heavy atom. The largest absolute Gasteiger partial charge is 0.297 e. The Labute approximate surface area is 80.4 Å². The van der Waals surface area contributed by atoms with Gasteiger partial charge in [-0.05, 0) is 32.4 Å². The molecule has 0 aromatic heterocycles. The molecule has 1 heteroatoms. The average Bonchev–Trinajstić information content (AvgIpc) is 3.00. The van der Waals surface area contributed by atoms with E-state index in [2.05, 4.69) is 49.2 Å². The zero-order valence-corrected chi connectivity index (χ0v) is 8.40. The third kappa shape index (κ3) is 1.92. The molecule has 1 nitrogen and oxygen atoms in total. The van der Waals surface area contributed by atoms with Crippen LogP contribution in [0.3, 0.4) is 0 Å². The van der Waals surface area contributed by atoms with Crippen LogP contribution in [0.25, 0.3) is 0 Å². The molecule has 1 aromatic carbocycles. The van der Waals surface area contributed by atoms with Gasteiger partial charge in [-0.2, -0.15) is 0 Å². The first-order chi connectivity index (χ1) is 6.29. The molecular weight excluding hydrogens is 158 g/mol. The van der Waals surface area contributed by atoms with Crippen LogP contribution in [0.2, 0.25) is 0 Å². The molecule has 1 aromatic rings. The van der Waals surface area contributed by atoms with E-state index < -0.39 is 0 Å². The van der Waals surface area contributed by atoms with Gasteiger partial charge in [0.1, 0.15) is 0 Å². The third-order valence-electron chi connectivity index (χ3n) is 3.02. The highest BCUT2D eigenvalue weighted by Crippen LogP contribution is 2.32. The zero-order valence-electron chi connectivity index (χ0n) is 8.40. The standard InChI is InChI=1S/C12H17N/c1-10(13(2)12-8-9-12)11-6-4-3-5-7-11/h3-7,10,12H,8-9H2,1-2H3. The summed E-state index contributed by atoms with van der Waals surface area (Å²) in [5.74, 6) is 0. The van der Waals surface area contributed by atoms with Crippen LogP contribution in [0.5, 0.6) is 0 Å². The summed E-state index contributed by atoms with van der Waals surface area (Å²) in [7, 11) is 2.23. The van der Waals surface area contributed by atoms with Gasteiger partial charge >= 0.3 is 0 Å². The summed E-state index contributed by atoms with van der Waals surface area (Å²) in [4.78, 5) is 2.48. The molecule has 1 aliphatic rings. The van der Waals surface area contributed by atoms with Crippen LogP contribution < -0.4 is 0 Å². The maximum Gasteiger partial charge on any atom is 0.0319 e. The minimum Gasteiger partial charge on any atom is -0.297 e. The second-order valence-corrected chi connectivity index (χ2v) is 3.98. The minimum absolute atomic E-state index is 0.564. The Morgan fingerprint density at radius 2 is 1.85 bits per heavy atom. The molecule has 1 atom stereocenters. The van der Waals surface area contributed by atoms with E-state index in [9.17, 15) is 0 Å². The fourth-order valence-electron chi connectivity index (χ4n) is 1.76. The number of benzene rings is 1. The van der Waals surface area contributed by atoms with E-state index in [-0.39, 0.29) is 0 Å². The van der Waals surface area contributed by atoms with Crippen molar-refractivity contribution in [3.05, 3.63) is 35.9 Å². The average molecular weight is 175 g/mol. The lowest BCUT2D eigenvalue weighted by molar-refractivity contribution is 0.251. The Kier molecular flexibility index (Phi) is 2.36. The van der Waals surface area contributed by atoms with E-state index >= 15 is 0 Å². The van der Waals surface area contributed by atoms with Crippen molar-refractivity contribution in [3.63, 3.8) is 0 Å². The van der Waals surface area contributed by atoms with Crippen LogP contribution in [0, 0.1) is 0 Å². The van der Waals surface area contributed by atoms with Crippen LogP contribution in [0.4, 0.5) is 0 Å². The van der Waals surface area contributed by atoms with Gasteiger partial charge in [-0.25, -0.2) is 0 Å². The van der Waals surface area contributed by atoms with E-state index in [1.54, 1.807) is 0 Å². The second kappa shape index (κ2) is 3.51. The Bertz CT molecular complexity index is 264. The van der Waals surface area contributed by atoms with Crippen molar-refractivity contribution >= 4 is 0 Å². The van der Waals surface area contributed by atoms with E-state index in [0.29, 0.717) is 6.04 Å². The highest BCUT2D eigenvalue weighted by Gasteiger charge is 2.29. The van der Waals surface area contributed by atoms with Crippen molar-refractivity contribution in [2.45, 2.75) is 31.8 Å². The smallest absolute Gasteiger partial charge is 0.0319 e. The van der Waals surface area contributed by atoms with Gasteiger partial charge in [0.2, 0.25) is 0 Å². The van der Waals surface area contributed by atoms with Gasteiger partial charge in [-0.15, -0.1) is 0 Å².